The summed E-state index contributed by atoms with van der Waals surface area (Å²) in [4.78, 5) is 25.6. The second-order valence-electron chi connectivity index (χ2n) is 6.76. The highest BCUT2D eigenvalue weighted by molar-refractivity contribution is 5.72. The smallest absolute Gasteiger partial charge is 0.308 e. The molecule has 0 aliphatic heterocycles. The number of esters is 1. The zero-order valence-electron chi connectivity index (χ0n) is 14.4. The maximum Gasteiger partial charge on any atom is 0.308 e. The van der Waals surface area contributed by atoms with Crippen molar-refractivity contribution in [3.05, 3.63) is 35.7 Å². The van der Waals surface area contributed by atoms with Crippen LogP contribution in [0.2, 0.25) is 0 Å². The molecule has 0 saturated heterocycles. The SMILES string of the molecule is COC(=O)[C@H]1CC[C@@H](Nc2nc(-c3ccccn3)nc3c2CCC3)C1. The van der Waals surface area contributed by atoms with Crippen LogP contribution < -0.4 is 5.32 Å². The summed E-state index contributed by atoms with van der Waals surface area (Å²) >= 11 is 0. The molecule has 0 unspecified atom stereocenters. The van der Waals surface area contributed by atoms with Gasteiger partial charge in [-0.1, -0.05) is 6.07 Å². The van der Waals surface area contributed by atoms with Gasteiger partial charge in [0.15, 0.2) is 5.82 Å². The van der Waals surface area contributed by atoms with Crippen LogP contribution in [0.4, 0.5) is 5.82 Å². The Hall–Kier alpha value is -2.50. The van der Waals surface area contributed by atoms with E-state index < -0.39 is 0 Å². The van der Waals surface area contributed by atoms with Gasteiger partial charge >= 0.3 is 5.97 Å². The number of nitrogens with one attached hydrogen (secondary N) is 1. The largest absolute Gasteiger partial charge is 0.469 e. The maximum atomic E-state index is 11.8. The molecule has 0 spiro atoms. The van der Waals surface area contributed by atoms with Crippen LogP contribution in [0.25, 0.3) is 11.5 Å². The molecule has 1 saturated carbocycles. The topological polar surface area (TPSA) is 77.0 Å². The fourth-order valence-corrected chi connectivity index (χ4v) is 3.85. The van der Waals surface area contributed by atoms with Crippen molar-refractivity contribution in [2.75, 3.05) is 12.4 Å². The summed E-state index contributed by atoms with van der Waals surface area (Å²) in [6.07, 6.45) is 7.48. The molecule has 25 heavy (non-hydrogen) atoms. The van der Waals surface area contributed by atoms with Crippen LogP contribution in [0, 0.1) is 5.92 Å². The van der Waals surface area contributed by atoms with E-state index >= 15 is 0 Å². The summed E-state index contributed by atoms with van der Waals surface area (Å²) in [6.45, 7) is 0. The van der Waals surface area contributed by atoms with E-state index in [2.05, 4.69) is 10.3 Å². The maximum absolute atomic E-state index is 11.8. The normalized spacial score (nSPS) is 21.8. The Labute approximate surface area is 147 Å². The molecule has 2 aliphatic rings. The third kappa shape index (κ3) is 3.21. The van der Waals surface area contributed by atoms with Gasteiger partial charge in [0.1, 0.15) is 11.5 Å². The molecule has 0 amide bonds. The molecule has 0 bridgehead atoms. The van der Waals surface area contributed by atoms with E-state index in [1.807, 2.05) is 18.2 Å². The lowest BCUT2D eigenvalue weighted by molar-refractivity contribution is -0.145. The first-order valence-corrected chi connectivity index (χ1v) is 8.90. The molecule has 6 heteroatoms. The number of ether oxygens (including phenoxy) is 1. The number of aryl methyl sites for hydroxylation is 1. The second-order valence-corrected chi connectivity index (χ2v) is 6.76. The lowest BCUT2D eigenvalue weighted by atomic mass is 10.1. The molecule has 2 atom stereocenters. The third-order valence-corrected chi connectivity index (χ3v) is 5.14. The molecule has 2 aromatic rings. The number of pyridine rings is 1. The highest BCUT2D eigenvalue weighted by Gasteiger charge is 2.32. The van der Waals surface area contributed by atoms with Gasteiger partial charge in [-0.2, -0.15) is 0 Å². The van der Waals surface area contributed by atoms with Gasteiger partial charge in [0.2, 0.25) is 0 Å². The Morgan fingerprint density at radius 1 is 1.24 bits per heavy atom. The van der Waals surface area contributed by atoms with Gasteiger partial charge in [0, 0.05) is 23.5 Å². The van der Waals surface area contributed by atoms with Crippen LogP contribution in [0.5, 0.6) is 0 Å². The number of rotatable bonds is 4. The van der Waals surface area contributed by atoms with Gasteiger partial charge in [-0.3, -0.25) is 9.78 Å². The predicted octanol–water partition coefficient (Wildman–Crippen LogP) is 2.78. The summed E-state index contributed by atoms with van der Waals surface area (Å²) < 4.78 is 4.88. The van der Waals surface area contributed by atoms with Gasteiger partial charge in [0.05, 0.1) is 13.0 Å². The number of hydrogen-bond donors (Lipinski definition) is 1. The minimum Gasteiger partial charge on any atom is -0.469 e. The third-order valence-electron chi connectivity index (χ3n) is 5.14. The Bertz CT molecular complexity index is 778. The quantitative estimate of drug-likeness (QED) is 0.864. The number of carbonyl (C=O) groups is 1. The molecule has 1 N–H and O–H groups in total. The molecular formula is C19H22N4O2. The summed E-state index contributed by atoms with van der Waals surface area (Å²) in [5.74, 6) is 1.48. The van der Waals surface area contributed by atoms with E-state index in [1.54, 1.807) is 6.20 Å². The van der Waals surface area contributed by atoms with Crippen molar-refractivity contribution in [2.24, 2.45) is 5.92 Å². The summed E-state index contributed by atoms with van der Waals surface area (Å²) in [5.41, 5.74) is 3.14. The number of carbonyl (C=O) groups excluding carboxylic acids is 1. The first-order valence-electron chi connectivity index (χ1n) is 8.90. The van der Waals surface area contributed by atoms with E-state index in [0.717, 1.165) is 55.7 Å². The summed E-state index contributed by atoms with van der Waals surface area (Å²) in [6, 6.07) is 6.02. The highest BCUT2D eigenvalue weighted by atomic mass is 16.5. The van der Waals surface area contributed by atoms with E-state index in [-0.39, 0.29) is 17.9 Å². The van der Waals surface area contributed by atoms with E-state index in [4.69, 9.17) is 14.7 Å². The number of hydrogen-bond acceptors (Lipinski definition) is 6. The fraction of sp³-hybridized carbons (Fsp3) is 0.474. The van der Waals surface area contributed by atoms with Crippen molar-refractivity contribution < 1.29 is 9.53 Å². The number of methoxy groups -OCH3 is 1. The number of anilines is 1. The Morgan fingerprint density at radius 3 is 2.96 bits per heavy atom. The van der Waals surface area contributed by atoms with Crippen LogP contribution >= 0.6 is 0 Å². The molecule has 4 rings (SSSR count). The molecule has 2 aromatic heterocycles. The lowest BCUT2D eigenvalue weighted by Crippen LogP contribution is -2.20. The minimum atomic E-state index is -0.105. The van der Waals surface area contributed by atoms with Gasteiger partial charge in [-0.05, 0) is 50.7 Å². The zero-order chi connectivity index (χ0) is 17.2. The van der Waals surface area contributed by atoms with Crippen molar-refractivity contribution in [1.82, 2.24) is 15.0 Å². The molecule has 0 radical (unpaired) electrons. The van der Waals surface area contributed by atoms with Crippen molar-refractivity contribution in [2.45, 2.75) is 44.6 Å². The Balaban J connectivity index is 1.59. The van der Waals surface area contributed by atoms with Crippen LogP contribution in [0.15, 0.2) is 24.4 Å². The summed E-state index contributed by atoms with van der Waals surface area (Å²) in [7, 11) is 1.46. The first-order chi connectivity index (χ1) is 12.2. The molecule has 2 heterocycles. The van der Waals surface area contributed by atoms with Crippen molar-refractivity contribution in [3.63, 3.8) is 0 Å². The number of nitrogens with zero attached hydrogens (tertiary/aromatic N) is 3. The molecule has 2 aliphatic carbocycles. The predicted molar refractivity (Wildman–Crippen MR) is 94.1 cm³/mol. The molecule has 6 nitrogen and oxygen atoms in total. The average molecular weight is 338 g/mol. The highest BCUT2D eigenvalue weighted by Crippen LogP contribution is 2.33. The van der Waals surface area contributed by atoms with Crippen molar-refractivity contribution in [1.29, 1.82) is 0 Å². The summed E-state index contributed by atoms with van der Waals surface area (Å²) in [5, 5.41) is 3.57. The number of aromatic nitrogens is 3. The Kier molecular flexibility index (Phi) is 4.34. The van der Waals surface area contributed by atoms with Crippen LogP contribution in [-0.4, -0.2) is 34.1 Å². The molecular weight excluding hydrogens is 316 g/mol. The molecule has 1 fully saturated rings. The average Bonchev–Trinajstić information content (AvgIpc) is 3.31. The fourth-order valence-electron chi connectivity index (χ4n) is 3.85. The second kappa shape index (κ2) is 6.78. The van der Waals surface area contributed by atoms with E-state index in [0.29, 0.717) is 5.82 Å². The zero-order valence-corrected chi connectivity index (χ0v) is 14.4. The van der Waals surface area contributed by atoms with Crippen LogP contribution in [-0.2, 0) is 22.4 Å². The van der Waals surface area contributed by atoms with Gasteiger partial charge in [-0.15, -0.1) is 0 Å². The Morgan fingerprint density at radius 2 is 2.16 bits per heavy atom. The van der Waals surface area contributed by atoms with Crippen molar-refractivity contribution >= 4 is 11.8 Å². The minimum absolute atomic E-state index is 0.00681. The molecule has 130 valence electrons. The molecule has 0 aromatic carbocycles. The van der Waals surface area contributed by atoms with Crippen LogP contribution in [0.1, 0.15) is 36.9 Å². The van der Waals surface area contributed by atoms with Crippen LogP contribution in [0.3, 0.4) is 0 Å². The van der Waals surface area contributed by atoms with Gasteiger partial charge in [-0.25, -0.2) is 9.97 Å². The van der Waals surface area contributed by atoms with Gasteiger partial charge in [0.25, 0.3) is 0 Å². The standard InChI is InChI=1S/C19H22N4O2/c1-25-19(24)12-8-9-13(11-12)21-17-14-5-4-7-15(14)22-18(23-17)16-6-2-3-10-20-16/h2-3,6,10,12-13H,4-5,7-9,11H2,1H3,(H,21,22,23)/t12-,13+/m0/s1. The monoisotopic (exact) mass is 338 g/mol. The van der Waals surface area contributed by atoms with E-state index in [1.165, 1.54) is 12.7 Å². The van der Waals surface area contributed by atoms with E-state index in [9.17, 15) is 4.79 Å². The number of fused-ring (bicyclic) bond motifs is 1. The van der Waals surface area contributed by atoms with Crippen molar-refractivity contribution in [3.8, 4) is 11.5 Å². The lowest BCUT2D eigenvalue weighted by Gasteiger charge is -2.17. The van der Waals surface area contributed by atoms with Gasteiger partial charge < -0.3 is 10.1 Å². The first kappa shape index (κ1) is 16.0.